The lowest BCUT2D eigenvalue weighted by atomic mass is 9.99. The van der Waals surface area contributed by atoms with Gasteiger partial charge in [-0.05, 0) is 61.0 Å². The summed E-state index contributed by atoms with van der Waals surface area (Å²) in [5.74, 6) is 0.759. The summed E-state index contributed by atoms with van der Waals surface area (Å²) in [6, 6.07) is 13.1. The summed E-state index contributed by atoms with van der Waals surface area (Å²) in [5, 5.41) is 5.70. The molecule has 0 fully saturated rings. The van der Waals surface area contributed by atoms with E-state index in [0.29, 0.717) is 0 Å². The Hall–Kier alpha value is -2.53. The summed E-state index contributed by atoms with van der Waals surface area (Å²) in [4.78, 5) is 14.4. The Morgan fingerprint density at radius 3 is 2.48 bits per heavy atom. The van der Waals surface area contributed by atoms with Gasteiger partial charge >= 0.3 is 6.03 Å². The fraction of sp³-hybridized carbons (Fsp3) is 0.278. The molecule has 2 aromatic carbocycles. The summed E-state index contributed by atoms with van der Waals surface area (Å²) in [6.45, 7) is 2.00. The minimum atomic E-state index is -0.251. The molecule has 1 heterocycles. The fourth-order valence-corrected chi connectivity index (χ4v) is 2.74. The Morgan fingerprint density at radius 2 is 1.74 bits per heavy atom. The van der Waals surface area contributed by atoms with Gasteiger partial charge in [0.1, 0.15) is 5.75 Å². The van der Waals surface area contributed by atoms with Gasteiger partial charge in [0.2, 0.25) is 0 Å². The second kappa shape index (κ2) is 6.71. The van der Waals surface area contributed by atoms with E-state index in [9.17, 15) is 4.79 Å². The van der Waals surface area contributed by atoms with Gasteiger partial charge in [-0.15, -0.1) is 0 Å². The first-order valence-electron chi connectivity index (χ1n) is 7.66. The van der Waals surface area contributed by atoms with Crippen molar-refractivity contribution in [1.82, 2.24) is 4.90 Å². The molecule has 0 saturated carbocycles. The zero-order chi connectivity index (χ0) is 16.2. The third-order valence-corrected chi connectivity index (χ3v) is 4.02. The van der Waals surface area contributed by atoms with Gasteiger partial charge < -0.3 is 20.3 Å². The summed E-state index contributed by atoms with van der Waals surface area (Å²) in [6.07, 6.45) is 1.06. The highest BCUT2D eigenvalue weighted by atomic mass is 16.5. The van der Waals surface area contributed by atoms with Crippen LogP contribution in [-0.4, -0.2) is 31.6 Å². The van der Waals surface area contributed by atoms with Gasteiger partial charge in [-0.25, -0.2) is 4.79 Å². The number of ether oxygens (including phenoxy) is 1. The molecule has 5 nitrogen and oxygen atoms in total. The van der Waals surface area contributed by atoms with Gasteiger partial charge in [0.25, 0.3) is 0 Å². The zero-order valence-corrected chi connectivity index (χ0v) is 13.4. The lowest BCUT2D eigenvalue weighted by Crippen LogP contribution is -2.26. The van der Waals surface area contributed by atoms with Gasteiger partial charge in [0.15, 0.2) is 0 Å². The van der Waals surface area contributed by atoms with Gasteiger partial charge in [0, 0.05) is 24.5 Å². The van der Waals surface area contributed by atoms with Crippen LogP contribution in [0.3, 0.4) is 0 Å². The van der Waals surface area contributed by atoms with Crippen LogP contribution in [0.4, 0.5) is 16.2 Å². The first-order chi connectivity index (χ1) is 11.1. The molecular weight excluding hydrogens is 290 g/mol. The molecule has 1 aliphatic heterocycles. The predicted molar refractivity (Wildman–Crippen MR) is 92.1 cm³/mol. The standard InChI is InChI=1S/C18H21N3O2/c1-21-10-9-13-3-4-16(11-14(13)12-21)20-18(22)19-15-5-7-17(23-2)8-6-15/h3-8,11H,9-10,12H2,1-2H3,(H2,19,20,22). The molecule has 3 rings (SSSR count). The van der Waals surface area contributed by atoms with Crippen LogP contribution in [0, 0.1) is 0 Å². The molecule has 2 N–H and O–H groups in total. The highest BCUT2D eigenvalue weighted by Gasteiger charge is 2.13. The van der Waals surface area contributed by atoms with Crippen LogP contribution >= 0.6 is 0 Å². The van der Waals surface area contributed by atoms with Crippen molar-refractivity contribution in [3.63, 3.8) is 0 Å². The first-order valence-corrected chi connectivity index (χ1v) is 7.66. The lowest BCUT2D eigenvalue weighted by Gasteiger charge is -2.25. The maximum Gasteiger partial charge on any atom is 0.323 e. The number of methoxy groups -OCH3 is 1. The molecule has 0 atom stereocenters. The molecule has 0 aliphatic carbocycles. The Labute approximate surface area is 136 Å². The summed E-state index contributed by atoms with van der Waals surface area (Å²) < 4.78 is 5.10. The van der Waals surface area contributed by atoms with E-state index in [1.807, 2.05) is 18.2 Å². The topological polar surface area (TPSA) is 53.6 Å². The zero-order valence-electron chi connectivity index (χ0n) is 13.4. The number of likely N-dealkylation sites (N-methyl/N-ethyl adjacent to an activating group) is 1. The molecule has 23 heavy (non-hydrogen) atoms. The van der Waals surface area contributed by atoms with E-state index < -0.39 is 0 Å². The number of nitrogens with zero attached hydrogens (tertiary/aromatic N) is 1. The number of rotatable bonds is 3. The Morgan fingerprint density at radius 1 is 1.04 bits per heavy atom. The van der Waals surface area contributed by atoms with Crippen molar-refractivity contribution in [2.45, 2.75) is 13.0 Å². The third kappa shape index (κ3) is 3.81. The van der Waals surface area contributed by atoms with E-state index in [4.69, 9.17) is 4.74 Å². The third-order valence-electron chi connectivity index (χ3n) is 4.02. The summed E-state index contributed by atoms with van der Waals surface area (Å²) in [7, 11) is 3.72. The van der Waals surface area contributed by atoms with E-state index in [-0.39, 0.29) is 6.03 Å². The average Bonchev–Trinajstić information content (AvgIpc) is 2.55. The minimum Gasteiger partial charge on any atom is -0.497 e. The van der Waals surface area contributed by atoms with Crippen LogP contribution in [0.5, 0.6) is 5.75 Å². The first kappa shape index (κ1) is 15.4. The van der Waals surface area contributed by atoms with Gasteiger partial charge in [-0.1, -0.05) is 6.07 Å². The molecule has 120 valence electrons. The van der Waals surface area contributed by atoms with Crippen molar-refractivity contribution < 1.29 is 9.53 Å². The van der Waals surface area contributed by atoms with Crippen molar-refractivity contribution in [3.8, 4) is 5.75 Å². The molecular formula is C18H21N3O2. The second-order valence-corrected chi connectivity index (χ2v) is 5.78. The molecule has 0 saturated heterocycles. The quantitative estimate of drug-likeness (QED) is 0.914. The number of benzene rings is 2. The number of carbonyl (C=O) groups is 1. The molecule has 0 unspecified atom stereocenters. The van der Waals surface area contributed by atoms with E-state index >= 15 is 0 Å². The smallest absolute Gasteiger partial charge is 0.323 e. The normalized spacial score (nSPS) is 14.0. The SMILES string of the molecule is COc1ccc(NC(=O)Nc2ccc3c(c2)CN(C)CC3)cc1. The number of anilines is 2. The van der Waals surface area contributed by atoms with Gasteiger partial charge in [-0.3, -0.25) is 0 Å². The number of hydrogen-bond acceptors (Lipinski definition) is 3. The van der Waals surface area contributed by atoms with Crippen LogP contribution in [-0.2, 0) is 13.0 Å². The van der Waals surface area contributed by atoms with E-state index in [1.54, 1.807) is 19.2 Å². The average molecular weight is 311 g/mol. The number of carbonyl (C=O) groups excluding carboxylic acids is 1. The molecule has 0 aromatic heterocycles. The number of amides is 2. The fourth-order valence-electron chi connectivity index (χ4n) is 2.74. The Kier molecular flexibility index (Phi) is 4.48. The van der Waals surface area contributed by atoms with Gasteiger partial charge in [0.05, 0.1) is 7.11 Å². The largest absolute Gasteiger partial charge is 0.497 e. The number of hydrogen-bond donors (Lipinski definition) is 2. The van der Waals surface area contributed by atoms with Crippen LogP contribution in [0.2, 0.25) is 0 Å². The lowest BCUT2D eigenvalue weighted by molar-refractivity contribution is 0.262. The van der Waals surface area contributed by atoms with Crippen molar-refractivity contribution in [1.29, 1.82) is 0 Å². The van der Waals surface area contributed by atoms with Crippen LogP contribution in [0.15, 0.2) is 42.5 Å². The molecule has 1 aliphatic rings. The van der Waals surface area contributed by atoms with Crippen molar-refractivity contribution in [2.24, 2.45) is 0 Å². The molecule has 0 bridgehead atoms. The summed E-state index contributed by atoms with van der Waals surface area (Å²) in [5.41, 5.74) is 4.18. The molecule has 0 radical (unpaired) electrons. The molecule has 0 spiro atoms. The second-order valence-electron chi connectivity index (χ2n) is 5.78. The summed E-state index contributed by atoms with van der Waals surface area (Å²) >= 11 is 0. The monoisotopic (exact) mass is 311 g/mol. The van der Waals surface area contributed by atoms with Crippen molar-refractivity contribution >= 4 is 17.4 Å². The Balaban J connectivity index is 1.64. The highest BCUT2D eigenvalue weighted by Crippen LogP contribution is 2.22. The van der Waals surface area contributed by atoms with Gasteiger partial charge in [-0.2, -0.15) is 0 Å². The van der Waals surface area contributed by atoms with E-state index in [1.165, 1.54) is 11.1 Å². The maximum atomic E-state index is 12.1. The number of nitrogens with one attached hydrogen (secondary N) is 2. The maximum absolute atomic E-state index is 12.1. The number of urea groups is 1. The molecule has 2 aromatic rings. The molecule has 5 heteroatoms. The van der Waals surface area contributed by atoms with Crippen LogP contribution in [0.25, 0.3) is 0 Å². The van der Waals surface area contributed by atoms with E-state index in [2.05, 4.69) is 34.7 Å². The van der Waals surface area contributed by atoms with Crippen molar-refractivity contribution in [3.05, 3.63) is 53.6 Å². The predicted octanol–water partition coefficient (Wildman–Crippen LogP) is 3.33. The Bertz CT molecular complexity index is 698. The van der Waals surface area contributed by atoms with E-state index in [0.717, 1.165) is 36.6 Å². The highest BCUT2D eigenvalue weighted by molar-refractivity contribution is 5.99. The number of fused-ring (bicyclic) bond motifs is 1. The molecule has 2 amide bonds. The van der Waals surface area contributed by atoms with Crippen LogP contribution < -0.4 is 15.4 Å². The minimum absolute atomic E-state index is 0.251. The van der Waals surface area contributed by atoms with Crippen LogP contribution in [0.1, 0.15) is 11.1 Å². The van der Waals surface area contributed by atoms with Crippen molar-refractivity contribution in [2.75, 3.05) is 31.3 Å².